The second-order valence-corrected chi connectivity index (χ2v) is 4.07. The zero-order chi connectivity index (χ0) is 11.7. The lowest BCUT2D eigenvalue weighted by atomic mass is 10.2. The first-order valence-electron chi connectivity index (χ1n) is 5.32. The van der Waals surface area contributed by atoms with Crippen LogP contribution in [-0.4, -0.2) is 11.0 Å². The first kappa shape index (κ1) is 10.9. The zero-order valence-corrected chi connectivity index (χ0v) is 8.94. The molecule has 1 aliphatic carbocycles. The van der Waals surface area contributed by atoms with Gasteiger partial charge in [-0.15, -0.1) is 0 Å². The Balaban J connectivity index is 2.18. The minimum Gasteiger partial charge on any atom is -0.376 e. The van der Waals surface area contributed by atoms with Crippen molar-refractivity contribution in [3.05, 3.63) is 34.1 Å². The molecule has 1 aromatic carbocycles. The van der Waals surface area contributed by atoms with Gasteiger partial charge in [-0.2, -0.15) is 0 Å². The number of hydrogen-bond acceptors (Lipinski definition) is 3. The van der Waals surface area contributed by atoms with E-state index in [-0.39, 0.29) is 17.4 Å². The summed E-state index contributed by atoms with van der Waals surface area (Å²) < 4.78 is 13.0. The number of nitro groups is 1. The molecule has 0 bridgehead atoms. The molecular weight excluding hydrogens is 211 g/mol. The summed E-state index contributed by atoms with van der Waals surface area (Å²) in [7, 11) is 0. The lowest BCUT2D eigenvalue weighted by molar-refractivity contribution is -0.384. The maximum atomic E-state index is 13.0. The minimum atomic E-state index is -0.495. The van der Waals surface area contributed by atoms with Crippen LogP contribution in [-0.2, 0) is 0 Å². The van der Waals surface area contributed by atoms with Gasteiger partial charge in [0.05, 0.1) is 4.92 Å². The molecule has 2 unspecified atom stereocenters. The highest BCUT2D eigenvalue weighted by molar-refractivity contribution is 5.62. The summed E-state index contributed by atoms with van der Waals surface area (Å²) in [5, 5.41) is 13.8. The van der Waals surface area contributed by atoms with E-state index in [0.29, 0.717) is 5.92 Å². The van der Waals surface area contributed by atoms with Crippen LogP contribution in [0.2, 0.25) is 0 Å². The van der Waals surface area contributed by atoms with Crippen molar-refractivity contribution in [2.75, 3.05) is 5.32 Å². The number of benzene rings is 1. The van der Waals surface area contributed by atoms with Gasteiger partial charge in [0, 0.05) is 18.2 Å². The van der Waals surface area contributed by atoms with E-state index in [2.05, 4.69) is 12.2 Å². The van der Waals surface area contributed by atoms with Crippen LogP contribution in [0.15, 0.2) is 18.2 Å². The molecule has 0 aromatic heterocycles. The Morgan fingerprint density at radius 3 is 2.94 bits per heavy atom. The summed E-state index contributed by atoms with van der Waals surface area (Å²) in [6.07, 6.45) is 2.05. The van der Waals surface area contributed by atoms with Crippen molar-refractivity contribution < 1.29 is 9.31 Å². The third-order valence-corrected chi connectivity index (χ3v) is 2.94. The number of nitro benzene ring substituents is 1. The Bertz CT molecular complexity index is 422. The van der Waals surface area contributed by atoms with Crippen LogP contribution in [0, 0.1) is 21.8 Å². The third-order valence-electron chi connectivity index (χ3n) is 2.94. The third kappa shape index (κ3) is 2.13. The standard InChI is InChI=1S/C11H13FN2O2/c1-2-7-5-9(7)13-10-6-8(12)3-4-11(10)14(15)16/h3-4,6-7,9,13H,2,5H2,1H3. The molecule has 1 saturated carbocycles. The largest absolute Gasteiger partial charge is 0.376 e. The van der Waals surface area contributed by atoms with Gasteiger partial charge in [0.15, 0.2) is 0 Å². The molecule has 0 radical (unpaired) electrons. The second kappa shape index (κ2) is 4.08. The number of nitrogens with zero attached hydrogens (tertiary/aromatic N) is 1. The van der Waals surface area contributed by atoms with E-state index >= 15 is 0 Å². The normalized spacial score (nSPS) is 22.9. The van der Waals surface area contributed by atoms with Crippen LogP contribution in [0.1, 0.15) is 19.8 Å². The van der Waals surface area contributed by atoms with Gasteiger partial charge >= 0.3 is 0 Å². The molecule has 4 nitrogen and oxygen atoms in total. The van der Waals surface area contributed by atoms with E-state index in [1.54, 1.807) is 0 Å². The molecule has 1 aliphatic rings. The van der Waals surface area contributed by atoms with Crippen molar-refractivity contribution in [1.29, 1.82) is 0 Å². The van der Waals surface area contributed by atoms with Gasteiger partial charge in [0.2, 0.25) is 0 Å². The van der Waals surface area contributed by atoms with Crippen molar-refractivity contribution in [2.45, 2.75) is 25.8 Å². The predicted octanol–water partition coefficient (Wildman–Crippen LogP) is 2.94. The quantitative estimate of drug-likeness (QED) is 0.632. The Kier molecular flexibility index (Phi) is 2.77. The Labute approximate surface area is 92.6 Å². The van der Waals surface area contributed by atoms with Gasteiger partial charge < -0.3 is 5.32 Å². The SMILES string of the molecule is CCC1CC1Nc1cc(F)ccc1[N+](=O)[O-]. The van der Waals surface area contributed by atoms with Crippen molar-refractivity contribution in [2.24, 2.45) is 5.92 Å². The molecular formula is C11H13FN2O2. The van der Waals surface area contributed by atoms with E-state index in [4.69, 9.17) is 0 Å². The van der Waals surface area contributed by atoms with Crippen molar-refractivity contribution in [3.63, 3.8) is 0 Å². The van der Waals surface area contributed by atoms with Crippen LogP contribution in [0.25, 0.3) is 0 Å². The number of rotatable bonds is 4. The highest BCUT2D eigenvalue weighted by atomic mass is 19.1. The van der Waals surface area contributed by atoms with E-state index in [0.717, 1.165) is 18.9 Å². The Morgan fingerprint density at radius 1 is 1.62 bits per heavy atom. The molecule has 16 heavy (non-hydrogen) atoms. The first-order valence-corrected chi connectivity index (χ1v) is 5.32. The van der Waals surface area contributed by atoms with Crippen LogP contribution in [0.5, 0.6) is 0 Å². The molecule has 1 N–H and O–H groups in total. The number of hydrogen-bond donors (Lipinski definition) is 1. The fourth-order valence-electron chi connectivity index (χ4n) is 1.86. The molecule has 1 fully saturated rings. The second-order valence-electron chi connectivity index (χ2n) is 4.07. The predicted molar refractivity (Wildman–Crippen MR) is 58.9 cm³/mol. The lowest BCUT2D eigenvalue weighted by Gasteiger charge is -2.06. The summed E-state index contributed by atoms with van der Waals surface area (Å²) in [6, 6.07) is 3.74. The number of anilines is 1. The van der Waals surface area contributed by atoms with Crippen LogP contribution >= 0.6 is 0 Å². The summed E-state index contributed by atoms with van der Waals surface area (Å²) in [5.41, 5.74) is 0.217. The first-order chi connectivity index (χ1) is 7.61. The number of halogens is 1. The fourth-order valence-corrected chi connectivity index (χ4v) is 1.86. The molecule has 0 heterocycles. The van der Waals surface area contributed by atoms with Crippen LogP contribution in [0.3, 0.4) is 0 Å². The molecule has 1 aromatic rings. The lowest BCUT2D eigenvalue weighted by Crippen LogP contribution is -2.07. The Morgan fingerprint density at radius 2 is 2.38 bits per heavy atom. The minimum absolute atomic E-state index is 0.0665. The molecule has 0 aliphatic heterocycles. The van der Waals surface area contributed by atoms with Gasteiger partial charge in [-0.3, -0.25) is 10.1 Å². The van der Waals surface area contributed by atoms with Crippen LogP contribution < -0.4 is 5.32 Å². The fraction of sp³-hybridized carbons (Fsp3) is 0.455. The topological polar surface area (TPSA) is 55.2 Å². The van der Waals surface area contributed by atoms with Gasteiger partial charge in [-0.25, -0.2) is 4.39 Å². The molecule has 2 rings (SSSR count). The van der Waals surface area contributed by atoms with E-state index in [9.17, 15) is 14.5 Å². The van der Waals surface area contributed by atoms with Gasteiger partial charge in [0.25, 0.3) is 5.69 Å². The molecule has 86 valence electrons. The average molecular weight is 224 g/mol. The molecule has 0 amide bonds. The highest BCUT2D eigenvalue weighted by Gasteiger charge is 2.36. The van der Waals surface area contributed by atoms with Gasteiger partial charge in [0.1, 0.15) is 11.5 Å². The summed E-state index contributed by atoms with van der Waals surface area (Å²) >= 11 is 0. The monoisotopic (exact) mass is 224 g/mol. The van der Waals surface area contributed by atoms with E-state index < -0.39 is 10.7 Å². The number of nitrogens with one attached hydrogen (secondary N) is 1. The van der Waals surface area contributed by atoms with Gasteiger partial charge in [-0.05, 0) is 18.4 Å². The van der Waals surface area contributed by atoms with E-state index in [1.807, 2.05) is 0 Å². The maximum absolute atomic E-state index is 13.0. The summed E-state index contributed by atoms with van der Waals surface area (Å²) in [5.74, 6) is 0.102. The molecule has 0 spiro atoms. The smallest absolute Gasteiger partial charge is 0.292 e. The maximum Gasteiger partial charge on any atom is 0.292 e. The summed E-state index contributed by atoms with van der Waals surface area (Å²) in [4.78, 5) is 10.2. The molecule has 0 saturated heterocycles. The molecule has 2 atom stereocenters. The zero-order valence-electron chi connectivity index (χ0n) is 8.94. The average Bonchev–Trinajstić information content (AvgIpc) is 2.96. The van der Waals surface area contributed by atoms with Crippen molar-refractivity contribution >= 4 is 11.4 Å². The van der Waals surface area contributed by atoms with Crippen LogP contribution in [0.4, 0.5) is 15.8 Å². The van der Waals surface area contributed by atoms with E-state index in [1.165, 1.54) is 12.1 Å². The van der Waals surface area contributed by atoms with Crippen molar-refractivity contribution in [3.8, 4) is 0 Å². The highest BCUT2D eigenvalue weighted by Crippen LogP contribution is 2.38. The molecule has 5 heteroatoms. The Hall–Kier alpha value is -1.65. The summed E-state index contributed by atoms with van der Waals surface area (Å²) in [6.45, 7) is 2.08. The van der Waals surface area contributed by atoms with Gasteiger partial charge in [-0.1, -0.05) is 13.3 Å². The van der Waals surface area contributed by atoms with Crippen molar-refractivity contribution in [1.82, 2.24) is 0 Å².